The van der Waals surface area contributed by atoms with E-state index in [0.29, 0.717) is 12.1 Å². The van der Waals surface area contributed by atoms with E-state index in [9.17, 15) is 9.18 Å². The molecule has 25 heavy (non-hydrogen) atoms. The van der Waals surface area contributed by atoms with Gasteiger partial charge in [0.25, 0.3) is 0 Å². The summed E-state index contributed by atoms with van der Waals surface area (Å²) in [6.07, 6.45) is 3.72. The van der Waals surface area contributed by atoms with Crippen LogP contribution >= 0.6 is 12.4 Å². The van der Waals surface area contributed by atoms with Gasteiger partial charge in [-0.15, -0.1) is 12.4 Å². The summed E-state index contributed by atoms with van der Waals surface area (Å²) in [4.78, 5) is 12.5. The molecule has 1 aliphatic rings. The summed E-state index contributed by atoms with van der Waals surface area (Å²) in [5, 5.41) is 19.3. The number of aryl methyl sites for hydroxylation is 1. The first kappa shape index (κ1) is 19.4. The summed E-state index contributed by atoms with van der Waals surface area (Å²) in [5.41, 5.74) is 1.96. The number of rotatable bonds is 5. The van der Waals surface area contributed by atoms with Crippen molar-refractivity contribution in [3.05, 3.63) is 53.1 Å². The second kappa shape index (κ2) is 8.42. The SMILES string of the molecule is Cl.Cn1cc([C@H]2CNC[C@@H]2C(=O)NCc2ccc(CO)c(F)c2)cn1. The Kier molecular flexibility index (Phi) is 6.52. The molecule has 0 aliphatic carbocycles. The lowest BCUT2D eigenvalue weighted by Gasteiger charge is -2.17. The summed E-state index contributed by atoms with van der Waals surface area (Å²) in [5.74, 6) is -0.594. The van der Waals surface area contributed by atoms with Crippen molar-refractivity contribution in [1.82, 2.24) is 20.4 Å². The molecule has 0 spiro atoms. The van der Waals surface area contributed by atoms with Gasteiger partial charge in [-0.2, -0.15) is 5.10 Å². The standard InChI is InChI=1S/C17H21FN4O2.ClH/c1-22-9-13(6-21-22)14-7-19-8-15(14)17(24)20-5-11-2-3-12(10-23)16(18)4-11;/h2-4,6,9,14-15,19,23H,5,7-8,10H2,1H3,(H,20,24);1H/t14-,15+;/m1./s1. The minimum atomic E-state index is -0.458. The second-order valence-electron chi connectivity index (χ2n) is 6.12. The largest absolute Gasteiger partial charge is 0.392 e. The molecule has 2 atom stereocenters. The van der Waals surface area contributed by atoms with Crippen molar-refractivity contribution in [3.63, 3.8) is 0 Å². The molecule has 0 saturated carbocycles. The number of amides is 1. The minimum absolute atomic E-state index is 0. The van der Waals surface area contributed by atoms with E-state index in [1.165, 1.54) is 12.1 Å². The Balaban J connectivity index is 0.00000225. The van der Waals surface area contributed by atoms with Gasteiger partial charge in [0.15, 0.2) is 0 Å². The van der Waals surface area contributed by atoms with Crippen LogP contribution in [0.2, 0.25) is 0 Å². The maximum Gasteiger partial charge on any atom is 0.225 e. The van der Waals surface area contributed by atoms with Crippen molar-refractivity contribution in [2.75, 3.05) is 13.1 Å². The highest BCUT2D eigenvalue weighted by molar-refractivity contribution is 5.85. The molecule has 8 heteroatoms. The number of hydrogen-bond donors (Lipinski definition) is 3. The molecule has 3 N–H and O–H groups in total. The summed E-state index contributed by atoms with van der Waals surface area (Å²) in [6.45, 7) is 1.28. The molecule has 0 radical (unpaired) electrons. The number of carbonyl (C=O) groups is 1. The number of aromatic nitrogens is 2. The predicted octanol–water partition coefficient (Wildman–Crippen LogP) is 1.09. The Morgan fingerprint density at radius 1 is 1.48 bits per heavy atom. The van der Waals surface area contributed by atoms with Crippen LogP contribution in [-0.4, -0.2) is 33.9 Å². The second-order valence-corrected chi connectivity index (χ2v) is 6.12. The monoisotopic (exact) mass is 368 g/mol. The summed E-state index contributed by atoms with van der Waals surface area (Å²) in [7, 11) is 1.85. The molecular weight excluding hydrogens is 347 g/mol. The number of aliphatic hydroxyl groups is 1. The average molecular weight is 369 g/mol. The molecule has 0 bridgehead atoms. The number of nitrogens with one attached hydrogen (secondary N) is 2. The molecule has 1 saturated heterocycles. The normalized spacial score (nSPS) is 19.5. The van der Waals surface area contributed by atoms with Crippen LogP contribution in [0.15, 0.2) is 30.6 Å². The maximum atomic E-state index is 13.7. The molecule has 2 aromatic rings. The number of nitrogens with zero attached hydrogens (tertiary/aromatic N) is 2. The van der Waals surface area contributed by atoms with Crippen LogP contribution in [0, 0.1) is 11.7 Å². The Bertz CT molecular complexity index is 737. The first-order valence-electron chi connectivity index (χ1n) is 7.93. The van der Waals surface area contributed by atoms with Crippen molar-refractivity contribution >= 4 is 18.3 Å². The van der Waals surface area contributed by atoms with Crippen LogP contribution in [0.1, 0.15) is 22.6 Å². The van der Waals surface area contributed by atoms with Gasteiger partial charge in [0.1, 0.15) is 5.82 Å². The molecule has 136 valence electrons. The van der Waals surface area contributed by atoms with Gasteiger partial charge < -0.3 is 15.7 Å². The topological polar surface area (TPSA) is 79.2 Å². The quantitative estimate of drug-likeness (QED) is 0.738. The lowest BCUT2D eigenvalue weighted by molar-refractivity contribution is -0.125. The highest BCUT2D eigenvalue weighted by Gasteiger charge is 2.34. The average Bonchev–Trinajstić information content (AvgIpc) is 3.21. The van der Waals surface area contributed by atoms with Gasteiger partial charge in [0, 0.05) is 44.4 Å². The maximum absolute atomic E-state index is 13.7. The molecule has 2 heterocycles. The van der Waals surface area contributed by atoms with E-state index in [0.717, 1.165) is 12.1 Å². The van der Waals surface area contributed by atoms with E-state index in [4.69, 9.17) is 5.11 Å². The van der Waals surface area contributed by atoms with Gasteiger partial charge in [-0.3, -0.25) is 9.48 Å². The van der Waals surface area contributed by atoms with Crippen molar-refractivity contribution in [3.8, 4) is 0 Å². The molecular formula is C17H22ClFN4O2. The van der Waals surface area contributed by atoms with Gasteiger partial charge in [0.05, 0.1) is 18.7 Å². The Labute approximate surface area is 151 Å². The minimum Gasteiger partial charge on any atom is -0.392 e. The Hall–Kier alpha value is -1.96. The van der Waals surface area contributed by atoms with Gasteiger partial charge in [0.2, 0.25) is 5.91 Å². The molecule has 3 rings (SSSR count). The number of hydrogen-bond acceptors (Lipinski definition) is 4. The molecule has 1 aromatic carbocycles. The fourth-order valence-electron chi connectivity index (χ4n) is 3.09. The van der Waals surface area contributed by atoms with E-state index in [2.05, 4.69) is 15.7 Å². The summed E-state index contributed by atoms with van der Waals surface area (Å²) < 4.78 is 15.4. The van der Waals surface area contributed by atoms with Crippen LogP contribution in [0.3, 0.4) is 0 Å². The lowest BCUT2D eigenvalue weighted by Crippen LogP contribution is -2.34. The molecule has 1 aromatic heterocycles. The summed E-state index contributed by atoms with van der Waals surface area (Å²) >= 11 is 0. The van der Waals surface area contributed by atoms with Crippen LogP contribution in [0.25, 0.3) is 0 Å². The van der Waals surface area contributed by atoms with Crippen molar-refractivity contribution < 1.29 is 14.3 Å². The van der Waals surface area contributed by atoms with Crippen LogP contribution in [0.4, 0.5) is 4.39 Å². The van der Waals surface area contributed by atoms with Gasteiger partial charge in [-0.05, 0) is 17.2 Å². The van der Waals surface area contributed by atoms with Crippen molar-refractivity contribution in [1.29, 1.82) is 0 Å². The van der Waals surface area contributed by atoms with E-state index < -0.39 is 5.82 Å². The molecule has 6 nitrogen and oxygen atoms in total. The van der Waals surface area contributed by atoms with E-state index in [1.54, 1.807) is 16.9 Å². The van der Waals surface area contributed by atoms with Crippen LogP contribution < -0.4 is 10.6 Å². The smallest absolute Gasteiger partial charge is 0.225 e. The Morgan fingerprint density at radius 2 is 2.28 bits per heavy atom. The van der Waals surface area contributed by atoms with E-state index >= 15 is 0 Å². The van der Waals surface area contributed by atoms with Gasteiger partial charge in [-0.1, -0.05) is 12.1 Å². The highest BCUT2D eigenvalue weighted by Crippen LogP contribution is 2.28. The zero-order valence-corrected chi connectivity index (χ0v) is 14.7. The fourth-order valence-corrected chi connectivity index (χ4v) is 3.09. The zero-order valence-electron chi connectivity index (χ0n) is 13.9. The first-order chi connectivity index (χ1) is 11.6. The van der Waals surface area contributed by atoms with Crippen LogP contribution in [0.5, 0.6) is 0 Å². The number of aliphatic hydroxyl groups excluding tert-OH is 1. The van der Waals surface area contributed by atoms with E-state index in [-0.39, 0.29) is 48.9 Å². The summed E-state index contributed by atoms with van der Waals surface area (Å²) in [6, 6.07) is 4.59. The fraction of sp³-hybridized carbons (Fsp3) is 0.412. The molecule has 0 unspecified atom stereocenters. The highest BCUT2D eigenvalue weighted by atomic mass is 35.5. The predicted molar refractivity (Wildman–Crippen MR) is 93.7 cm³/mol. The molecule has 1 fully saturated rings. The number of benzene rings is 1. The van der Waals surface area contributed by atoms with Crippen molar-refractivity contribution in [2.45, 2.75) is 19.1 Å². The first-order valence-corrected chi connectivity index (χ1v) is 7.93. The molecule has 1 aliphatic heterocycles. The van der Waals surface area contributed by atoms with Gasteiger partial charge >= 0.3 is 0 Å². The molecule has 1 amide bonds. The number of carbonyl (C=O) groups excluding carboxylic acids is 1. The number of halogens is 2. The van der Waals surface area contributed by atoms with Crippen LogP contribution in [-0.2, 0) is 25.0 Å². The lowest BCUT2D eigenvalue weighted by atomic mass is 9.90. The van der Waals surface area contributed by atoms with Gasteiger partial charge in [-0.25, -0.2) is 4.39 Å². The zero-order chi connectivity index (χ0) is 17.1. The third-order valence-electron chi connectivity index (χ3n) is 4.46. The van der Waals surface area contributed by atoms with E-state index in [1.807, 2.05) is 13.2 Å². The third-order valence-corrected chi connectivity index (χ3v) is 4.46. The third kappa shape index (κ3) is 4.36. The van der Waals surface area contributed by atoms with Crippen molar-refractivity contribution in [2.24, 2.45) is 13.0 Å². The Morgan fingerprint density at radius 3 is 2.92 bits per heavy atom.